The maximum atomic E-state index is 13.0. The molecule has 0 unspecified atom stereocenters. The average Bonchev–Trinajstić information content (AvgIpc) is 2.37. The van der Waals surface area contributed by atoms with Gasteiger partial charge in [0.25, 0.3) is 5.56 Å². The molecule has 0 amide bonds. The Labute approximate surface area is 113 Å². The topological polar surface area (TPSA) is 83.0 Å². The number of carboxylic acid groups (broad SMARTS) is 1. The molecule has 1 aromatic carbocycles. The lowest BCUT2D eigenvalue weighted by atomic mass is 10.1. The van der Waals surface area contributed by atoms with Crippen LogP contribution in [0.2, 0.25) is 0 Å². The minimum atomic E-state index is -4.86. The second-order valence-electron chi connectivity index (χ2n) is 3.97. The summed E-state index contributed by atoms with van der Waals surface area (Å²) < 4.78 is 51.5. The molecule has 21 heavy (non-hydrogen) atoms. The van der Waals surface area contributed by atoms with E-state index in [1.807, 2.05) is 4.98 Å². The van der Waals surface area contributed by atoms with Crippen LogP contribution in [0.3, 0.4) is 0 Å². The highest BCUT2D eigenvalue weighted by Crippen LogP contribution is 2.36. The van der Waals surface area contributed by atoms with Gasteiger partial charge < -0.3 is 10.1 Å². The van der Waals surface area contributed by atoms with Gasteiger partial charge in [0.2, 0.25) is 0 Å². The number of nitrogens with one attached hydrogen (secondary N) is 1. The highest BCUT2D eigenvalue weighted by atomic mass is 19.4. The van der Waals surface area contributed by atoms with Crippen LogP contribution in [0.1, 0.15) is 15.9 Å². The number of hydrogen-bond acceptors (Lipinski definition) is 3. The molecule has 2 rings (SSSR count). The van der Waals surface area contributed by atoms with E-state index in [1.165, 1.54) is 0 Å². The molecule has 9 heteroatoms. The first-order valence-corrected chi connectivity index (χ1v) is 5.40. The van der Waals surface area contributed by atoms with E-state index in [2.05, 4.69) is 4.98 Å². The van der Waals surface area contributed by atoms with E-state index >= 15 is 0 Å². The van der Waals surface area contributed by atoms with Gasteiger partial charge >= 0.3 is 12.1 Å². The number of benzene rings is 1. The van der Waals surface area contributed by atoms with Gasteiger partial charge in [-0.1, -0.05) is 0 Å². The molecule has 0 aliphatic carbocycles. The minimum Gasteiger partial charge on any atom is -0.477 e. The Hall–Kier alpha value is -2.71. The Morgan fingerprint density at radius 1 is 1.29 bits per heavy atom. The number of aromatic carboxylic acids is 1. The second-order valence-corrected chi connectivity index (χ2v) is 3.97. The van der Waals surface area contributed by atoms with Crippen molar-refractivity contribution in [1.82, 2.24) is 9.97 Å². The van der Waals surface area contributed by atoms with Crippen molar-refractivity contribution in [2.75, 3.05) is 0 Å². The van der Waals surface area contributed by atoms with E-state index in [9.17, 15) is 27.2 Å². The molecule has 0 spiro atoms. The van der Waals surface area contributed by atoms with Gasteiger partial charge in [-0.05, 0) is 18.2 Å². The summed E-state index contributed by atoms with van der Waals surface area (Å²) in [7, 11) is 0. The van der Waals surface area contributed by atoms with Crippen molar-refractivity contribution in [2.45, 2.75) is 6.18 Å². The van der Waals surface area contributed by atoms with Crippen LogP contribution in [0.25, 0.3) is 11.4 Å². The highest BCUT2D eigenvalue weighted by molar-refractivity contribution is 5.86. The maximum absolute atomic E-state index is 13.0. The third-order valence-electron chi connectivity index (χ3n) is 2.57. The fraction of sp³-hybridized carbons (Fsp3) is 0.0833. The van der Waals surface area contributed by atoms with Crippen LogP contribution in [0.5, 0.6) is 0 Å². The van der Waals surface area contributed by atoms with Crippen LogP contribution in [-0.2, 0) is 6.18 Å². The van der Waals surface area contributed by atoms with Gasteiger partial charge in [0.05, 0.1) is 5.56 Å². The molecule has 5 nitrogen and oxygen atoms in total. The number of aromatic nitrogens is 2. The predicted molar refractivity (Wildman–Crippen MR) is 62.2 cm³/mol. The van der Waals surface area contributed by atoms with Crippen molar-refractivity contribution in [3.63, 3.8) is 0 Å². The van der Waals surface area contributed by atoms with Gasteiger partial charge in [0, 0.05) is 11.8 Å². The van der Waals surface area contributed by atoms with Gasteiger partial charge in [-0.2, -0.15) is 13.2 Å². The average molecular weight is 302 g/mol. The summed E-state index contributed by atoms with van der Waals surface area (Å²) in [6, 6.07) is 1.84. The molecule has 0 fully saturated rings. The van der Waals surface area contributed by atoms with Gasteiger partial charge in [0.15, 0.2) is 0 Å². The first kappa shape index (κ1) is 14.7. The third kappa shape index (κ3) is 2.91. The SMILES string of the molecule is O=C(O)c1cnc(-c2ccc(F)cc2C(F)(F)F)[nH]c1=O. The van der Waals surface area contributed by atoms with Crippen molar-refractivity contribution in [2.24, 2.45) is 0 Å². The summed E-state index contributed by atoms with van der Waals surface area (Å²) in [6.07, 6.45) is -4.22. The Morgan fingerprint density at radius 3 is 2.48 bits per heavy atom. The molecule has 0 radical (unpaired) electrons. The zero-order valence-corrected chi connectivity index (χ0v) is 10.0. The van der Waals surface area contributed by atoms with Crippen molar-refractivity contribution in [1.29, 1.82) is 0 Å². The lowest BCUT2D eigenvalue weighted by molar-refractivity contribution is -0.137. The molecule has 2 aromatic rings. The lowest BCUT2D eigenvalue weighted by Gasteiger charge is -2.12. The number of nitrogens with zero attached hydrogens (tertiary/aromatic N) is 1. The van der Waals surface area contributed by atoms with E-state index in [-0.39, 0.29) is 6.07 Å². The molecular weight excluding hydrogens is 296 g/mol. The van der Waals surface area contributed by atoms with Crippen molar-refractivity contribution >= 4 is 5.97 Å². The van der Waals surface area contributed by atoms with Gasteiger partial charge in [0.1, 0.15) is 17.2 Å². The lowest BCUT2D eigenvalue weighted by Crippen LogP contribution is -2.19. The number of aromatic amines is 1. The van der Waals surface area contributed by atoms with Crippen LogP contribution in [-0.4, -0.2) is 21.0 Å². The molecule has 110 valence electrons. The minimum absolute atomic E-state index is 0.264. The van der Waals surface area contributed by atoms with Crippen LogP contribution >= 0.6 is 0 Å². The monoisotopic (exact) mass is 302 g/mol. The van der Waals surface area contributed by atoms with E-state index in [1.54, 1.807) is 0 Å². The molecule has 0 atom stereocenters. The molecule has 2 N–H and O–H groups in total. The van der Waals surface area contributed by atoms with Crippen molar-refractivity contribution in [3.8, 4) is 11.4 Å². The summed E-state index contributed by atoms with van der Waals surface area (Å²) in [5.41, 5.74) is -3.70. The van der Waals surface area contributed by atoms with Gasteiger partial charge in [-0.15, -0.1) is 0 Å². The quantitative estimate of drug-likeness (QED) is 0.834. The molecule has 0 aliphatic rings. The zero-order chi connectivity index (χ0) is 15.8. The van der Waals surface area contributed by atoms with Crippen LogP contribution in [0.4, 0.5) is 17.6 Å². The summed E-state index contributed by atoms with van der Waals surface area (Å²) >= 11 is 0. The number of halogens is 4. The summed E-state index contributed by atoms with van der Waals surface area (Å²) in [6.45, 7) is 0. The highest BCUT2D eigenvalue weighted by Gasteiger charge is 2.34. The molecular formula is C12H6F4N2O3. The molecule has 0 bridgehead atoms. The number of alkyl halides is 3. The Bertz CT molecular complexity index is 768. The van der Waals surface area contributed by atoms with Gasteiger partial charge in [-0.3, -0.25) is 4.79 Å². The standard InChI is InChI=1S/C12H6F4N2O3/c13-5-1-2-6(8(3-5)12(14,15)16)9-17-4-7(11(20)21)10(19)18-9/h1-4H,(H,20,21)(H,17,18,19). The predicted octanol–water partition coefficient (Wildman–Crippen LogP) is 2.29. The molecule has 0 saturated heterocycles. The smallest absolute Gasteiger partial charge is 0.417 e. The zero-order valence-electron chi connectivity index (χ0n) is 10.0. The van der Waals surface area contributed by atoms with E-state index in [0.717, 1.165) is 12.1 Å². The number of rotatable bonds is 2. The maximum Gasteiger partial charge on any atom is 0.417 e. The Kier molecular flexibility index (Phi) is 3.50. The molecule has 1 heterocycles. The second kappa shape index (κ2) is 5.00. The van der Waals surface area contributed by atoms with Crippen LogP contribution < -0.4 is 5.56 Å². The fourth-order valence-corrected chi connectivity index (χ4v) is 1.64. The van der Waals surface area contributed by atoms with Crippen molar-refractivity contribution < 1.29 is 27.5 Å². The van der Waals surface area contributed by atoms with E-state index in [0.29, 0.717) is 6.20 Å². The molecule has 0 aliphatic heterocycles. The molecule has 0 saturated carbocycles. The largest absolute Gasteiger partial charge is 0.477 e. The number of carboxylic acids is 1. The summed E-state index contributed by atoms with van der Waals surface area (Å²) in [5, 5.41) is 8.66. The number of hydrogen-bond donors (Lipinski definition) is 2. The van der Waals surface area contributed by atoms with Crippen LogP contribution in [0, 0.1) is 5.82 Å². The summed E-state index contributed by atoms with van der Waals surface area (Å²) in [4.78, 5) is 27.5. The van der Waals surface area contributed by atoms with Crippen LogP contribution in [0.15, 0.2) is 29.2 Å². The fourth-order valence-electron chi connectivity index (χ4n) is 1.64. The summed E-state index contributed by atoms with van der Waals surface area (Å²) in [5.74, 6) is -3.17. The number of carbonyl (C=O) groups is 1. The van der Waals surface area contributed by atoms with E-state index < -0.39 is 46.0 Å². The van der Waals surface area contributed by atoms with Gasteiger partial charge in [-0.25, -0.2) is 14.2 Å². The Morgan fingerprint density at radius 2 is 1.95 bits per heavy atom. The van der Waals surface area contributed by atoms with E-state index in [4.69, 9.17) is 5.11 Å². The first-order chi connectivity index (χ1) is 9.70. The first-order valence-electron chi connectivity index (χ1n) is 5.40. The van der Waals surface area contributed by atoms with Crippen molar-refractivity contribution in [3.05, 3.63) is 51.7 Å². The number of H-pyrrole nitrogens is 1. The third-order valence-corrected chi connectivity index (χ3v) is 2.57. The Balaban J connectivity index is 2.65. The normalized spacial score (nSPS) is 11.4. The molecule has 1 aromatic heterocycles.